The minimum Gasteiger partial charge on any atom is -0.491 e. The molecule has 0 bridgehead atoms. The number of rotatable bonds is 7. The number of hydrogen-bond acceptors (Lipinski definition) is 4. The molecule has 1 atom stereocenters. The highest BCUT2D eigenvalue weighted by Crippen LogP contribution is 2.19. The van der Waals surface area contributed by atoms with E-state index in [4.69, 9.17) is 4.74 Å². The highest BCUT2D eigenvalue weighted by atomic mass is 16.5. The van der Waals surface area contributed by atoms with E-state index in [9.17, 15) is 4.79 Å². The molecule has 0 aliphatic heterocycles. The van der Waals surface area contributed by atoms with Crippen molar-refractivity contribution < 1.29 is 14.3 Å². The third-order valence-corrected chi connectivity index (χ3v) is 2.97. The van der Waals surface area contributed by atoms with Crippen molar-refractivity contribution in [2.75, 3.05) is 19.0 Å². The summed E-state index contributed by atoms with van der Waals surface area (Å²) >= 11 is 0. The normalized spacial score (nSPS) is 12.7. The van der Waals surface area contributed by atoms with E-state index in [2.05, 4.69) is 17.0 Å². The molecular weight excluding hydrogens is 254 g/mol. The minimum absolute atomic E-state index is 0.201. The van der Waals surface area contributed by atoms with Crippen LogP contribution in [-0.4, -0.2) is 25.7 Å². The van der Waals surface area contributed by atoms with Crippen LogP contribution in [0, 0.1) is 0 Å². The molecule has 1 unspecified atom stereocenters. The highest BCUT2D eigenvalue weighted by Gasteiger charge is 2.03. The molecule has 0 aliphatic rings. The van der Waals surface area contributed by atoms with Crippen LogP contribution in [0.1, 0.15) is 27.2 Å². The van der Waals surface area contributed by atoms with Crippen molar-refractivity contribution in [1.82, 2.24) is 0 Å². The summed E-state index contributed by atoms with van der Waals surface area (Å²) in [6.45, 7) is 6.43. The molecule has 0 saturated carbocycles. The molecule has 1 aromatic rings. The standard InChI is InChI=1S/C16H23NO3/c1-5-13(3)20-15-8-6-7-14(11-15)17-10-9-12(2)16(18)19-4/h6-9,11,13,17H,5,10H2,1-4H3/b12-9-. The van der Waals surface area contributed by atoms with Gasteiger partial charge in [-0.15, -0.1) is 0 Å². The van der Waals surface area contributed by atoms with Crippen molar-refractivity contribution in [2.24, 2.45) is 0 Å². The van der Waals surface area contributed by atoms with Crippen molar-refractivity contribution in [3.8, 4) is 5.75 Å². The Morgan fingerprint density at radius 2 is 2.20 bits per heavy atom. The van der Waals surface area contributed by atoms with E-state index in [-0.39, 0.29) is 12.1 Å². The third kappa shape index (κ3) is 5.34. The van der Waals surface area contributed by atoms with E-state index in [1.807, 2.05) is 31.2 Å². The third-order valence-electron chi connectivity index (χ3n) is 2.97. The van der Waals surface area contributed by atoms with Crippen molar-refractivity contribution in [3.63, 3.8) is 0 Å². The summed E-state index contributed by atoms with van der Waals surface area (Å²) in [5.41, 5.74) is 1.55. The van der Waals surface area contributed by atoms with Crippen LogP contribution in [0.4, 0.5) is 5.69 Å². The number of esters is 1. The molecule has 0 saturated heterocycles. The van der Waals surface area contributed by atoms with Gasteiger partial charge < -0.3 is 14.8 Å². The lowest BCUT2D eigenvalue weighted by molar-refractivity contribution is -0.136. The molecule has 0 spiro atoms. The summed E-state index contributed by atoms with van der Waals surface area (Å²) in [4.78, 5) is 11.2. The Morgan fingerprint density at radius 1 is 1.45 bits per heavy atom. The largest absolute Gasteiger partial charge is 0.491 e. The smallest absolute Gasteiger partial charge is 0.333 e. The topological polar surface area (TPSA) is 47.6 Å². The minimum atomic E-state index is -0.305. The van der Waals surface area contributed by atoms with Crippen LogP contribution < -0.4 is 10.1 Å². The van der Waals surface area contributed by atoms with Crippen molar-refractivity contribution in [1.29, 1.82) is 0 Å². The van der Waals surface area contributed by atoms with Gasteiger partial charge in [-0.2, -0.15) is 0 Å². The van der Waals surface area contributed by atoms with Crippen molar-refractivity contribution in [3.05, 3.63) is 35.9 Å². The zero-order valence-corrected chi connectivity index (χ0v) is 12.6. The number of benzene rings is 1. The molecule has 0 fully saturated rings. The van der Waals surface area contributed by atoms with Gasteiger partial charge in [0.1, 0.15) is 5.75 Å². The summed E-state index contributed by atoms with van der Waals surface area (Å²) < 4.78 is 10.4. The quantitative estimate of drug-likeness (QED) is 0.613. The number of nitrogens with one attached hydrogen (secondary N) is 1. The van der Waals surface area contributed by atoms with Gasteiger partial charge in [0.05, 0.1) is 13.2 Å². The zero-order valence-electron chi connectivity index (χ0n) is 12.6. The van der Waals surface area contributed by atoms with Gasteiger partial charge in [-0.25, -0.2) is 4.79 Å². The molecule has 0 radical (unpaired) electrons. The summed E-state index contributed by atoms with van der Waals surface area (Å²) in [6.07, 6.45) is 2.97. The fraction of sp³-hybridized carbons (Fsp3) is 0.438. The molecule has 0 aliphatic carbocycles. The Hall–Kier alpha value is -1.97. The van der Waals surface area contributed by atoms with Crippen LogP contribution in [0.2, 0.25) is 0 Å². The second-order valence-electron chi connectivity index (χ2n) is 4.62. The molecule has 1 N–H and O–H groups in total. The first-order valence-corrected chi connectivity index (χ1v) is 6.82. The van der Waals surface area contributed by atoms with Crippen molar-refractivity contribution >= 4 is 11.7 Å². The first kappa shape index (κ1) is 16.1. The fourth-order valence-electron chi connectivity index (χ4n) is 1.56. The molecule has 4 heteroatoms. The summed E-state index contributed by atoms with van der Waals surface area (Å²) in [6, 6.07) is 7.79. The maximum Gasteiger partial charge on any atom is 0.333 e. The first-order valence-electron chi connectivity index (χ1n) is 6.82. The summed E-state index contributed by atoms with van der Waals surface area (Å²) in [5.74, 6) is 0.540. The number of carbonyl (C=O) groups is 1. The number of ether oxygens (including phenoxy) is 2. The van der Waals surface area contributed by atoms with Gasteiger partial charge in [-0.05, 0) is 32.4 Å². The highest BCUT2D eigenvalue weighted by molar-refractivity contribution is 5.87. The SMILES string of the molecule is CCC(C)Oc1cccc(NC/C=C(/C)C(=O)OC)c1. The average molecular weight is 277 g/mol. The average Bonchev–Trinajstić information content (AvgIpc) is 2.46. The van der Waals surface area contributed by atoms with E-state index in [0.717, 1.165) is 17.9 Å². The first-order chi connectivity index (χ1) is 9.56. The molecule has 110 valence electrons. The maximum atomic E-state index is 11.2. The van der Waals surface area contributed by atoms with Gasteiger partial charge in [-0.1, -0.05) is 19.1 Å². The Balaban J connectivity index is 2.56. The molecule has 1 rings (SSSR count). The molecule has 0 heterocycles. The number of carbonyl (C=O) groups excluding carboxylic acids is 1. The Bertz CT molecular complexity index is 469. The van der Waals surface area contributed by atoms with Crippen LogP contribution in [0.15, 0.2) is 35.9 Å². The van der Waals surface area contributed by atoms with Gasteiger partial charge in [0, 0.05) is 23.9 Å². The lowest BCUT2D eigenvalue weighted by Crippen LogP contribution is -2.10. The Morgan fingerprint density at radius 3 is 2.85 bits per heavy atom. The summed E-state index contributed by atoms with van der Waals surface area (Å²) in [5, 5.41) is 3.22. The molecule has 0 aromatic heterocycles. The van der Waals surface area contributed by atoms with Gasteiger partial charge in [0.25, 0.3) is 0 Å². The van der Waals surface area contributed by atoms with E-state index in [1.54, 1.807) is 13.0 Å². The molecule has 0 amide bonds. The van der Waals surface area contributed by atoms with Crippen LogP contribution in [0.5, 0.6) is 5.75 Å². The molecule has 4 nitrogen and oxygen atoms in total. The van der Waals surface area contributed by atoms with E-state index in [1.165, 1.54) is 7.11 Å². The van der Waals surface area contributed by atoms with Gasteiger partial charge in [0.15, 0.2) is 0 Å². The second kappa shape index (κ2) is 8.25. The van der Waals surface area contributed by atoms with Crippen LogP contribution in [0.3, 0.4) is 0 Å². The monoisotopic (exact) mass is 277 g/mol. The molecular formula is C16H23NO3. The lowest BCUT2D eigenvalue weighted by Gasteiger charge is -2.13. The Labute approximate surface area is 120 Å². The number of hydrogen-bond donors (Lipinski definition) is 1. The second-order valence-corrected chi connectivity index (χ2v) is 4.62. The molecule has 1 aromatic carbocycles. The van der Waals surface area contributed by atoms with E-state index in [0.29, 0.717) is 12.1 Å². The van der Waals surface area contributed by atoms with Gasteiger partial charge in [-0.3, -0.25) is 0 Å². The van der Waals surface area contributed by atoms with E-state index >= 15 is 0 Å². The van der Waals surface area contributed by atoms with Gasteiger partial charge in [0.2, 0.25) is 0 Å². The van der Waals surface area contributed by atoms with E-state index < -0.39 is 0 Å². The molecule has 20 heavy (non-hydrogen) atoms. The van der Waals surface area contributed by atoms with Gasteiger partial charge >= 0.3 is 5.97 Å². The Kier molecular flexibility index (Phi) is 6.64. The predicted molar refractivity (Wildman–Crippen MR) is 81.1 cm³/mol. The van der Waals surface area contributed by atoms with Crippen LogP contribution in [-0.2, 0) is 9.53 Å². The number of methoxy groups -OCH3 is 1. The van der Waals surface area contributed by atoms with Crippen LogP contribution in [0.25, 0.3) is 0 Å². The number of anilines is 1. The van der Waals surface area contributed by atoms with Crippen molar-refractivity contribution in [2.45, 2.75) is 33.3 Å². The predicted octanol–water partition coefficient (Wildman–Crippen LogP) is 3.40. The maximum absolute atomic E-state index is 11.2. The fourth-order valence-corrected chi connectivity index (χ4v) is 1.56. The van der Waals surface area contributed by atoms with Crippen LogP contribution >= 0.6 is 0 Å². The zero-order chi connectivity index (χ0) is 15.0. The lowest BCUT2D eigenvalue weighted by atomic mass is 10.2. The summed E-state index contributed by atoms with van der Waals surface area (Å²) in [7, 11) is 1.38.